The second-order valence-corrected chi connectivity index (χ2v) is 8.08. The summed E-state index contributed by atoms with van der Waals surface area (Å²) < 4.78 is 14.4. The normalized spacial score (nSPS) is 12.2. The molecule has 0 spiro atoms. The highest BCUT2D eigenvalue weighted by atomic mass is 19.1. The highest BCUT2D eigenvalue weighted by Crippen LogP contribution is 2.37. The van der Waals surface area contributed by atoms with Gasteiger partial charge >= 0.3 is 0 Å². The van der Waals surface area contributed by atoms with Crippen LogP contribution in [0.3, 0.4) is 0 Å². The molecule has 0 aliphatic heterocycles. The van der Waals surface area contributed by atoms with Gasteiger partial charge in [-0.25, -0.2) is 4.39 Å². The number of carbonyl (C=O) groups is 1. The standard InChI is InChI=1S/C29H27FN2O2/c1-32(27-20-12-11-19-25(27)30)28(34)26(21-33)31-29(22-13-5-2-6-14-22,23-15-7-3-8-16-23)24-17-9-4-10-18-24/h2-20,26,31,33H,21H2,1H3/t26-/m0/s1. The van der Waals surface area contributed by atoms with E-state index in [0.29, 0.717) is 0 Å². The number of benzene rings is 4. The predicted molar refractivity (Wildman–Crippen MR) is 133 cm³/mol. The molecule has 1 atom stereocenters. The number of anilines is 1. The number of para-hydroxylation sites is 1. The molecular formula is C29H27FN2O2. The average Bonchev–Trinajstić information content (AvgIpc) is 2.91. The molecule has 0 heterocycles. The minimum Gasteiger partial charge on any atom is -0.394 e. The molecular weight excluding hydrogens is 427 g/mol. The predicted octanol–water partition coefficient (Wildman–Crippen LogP) is 4.73. The fourth-order valence-corrected chi connectivity index (χ4v) is 4.34. The Bertz CT molecular complexity index is 1120. The smallest absolute Gasteiger partial charge is 0.246 e. The Labute approximate surface area is 199 Å². The number of amides is 1. The highest BCUT2D eigenvalue weighted by Gasteiger charge is 2.40. The molecule has 4 aromatic rings. The Morgan fingerprint density at radius 2 is 1.21 bits per heavy atom. The van der Waals surface area contributed by atoms with E-state index in [0.717, 1.165) is 16.7 Å². The van der Waals surface area contributed by atoms with Gasteiger partial charge in [-0.2, -0.15) is 0 Å². The van der Waals surface area contributed by atoms with Crippen LogP contribution in [0.4, 0.5) is 10.1 Å². The van der Waals surface area contributed by atoms with Crippen LogP contribution >= 0.6 is 0 Å². The molecule has 2 N–H and O–H groups in total. The summed E-state index contributed by atoms with van der Waals surface area (Å²) >= 11 is 0. The molecule has 34 heavy (non-hydrogen) atoms. The molecule has 4 rings (SSSR count). The maximum atomic E-state index is 14.4. The average molecular weight is 455 g/mol. The summed E-state index contributed by atoms with van der Waals surface area (Å²) in [6.45, 7) is -0.466. The molecule has 172 valence electrons. The number of halogens is 1. The van der Waals surface area contributed by atoms with Crippen molar-refractivity contribution in [1.82, 2.24) is 5.32 Å². The van der Waals surface area contributed by atoms with Crippen LogP contribution in [0.15, 0.2) is 115 Å². The van der Waals surface area contributed by atoms with Gasteiger partial charge in [-0.05, 0) is 28.8 Å². The van der Waals surface area contributed by atoms with Crippen molar-refractivity contribution >= 4 is 11.6 Å². The van der Waals surface area contributed by atoms with Crippen LogP contribution in [0.25, 0.3) is 0 Å². The highest BCUT2D eigenvalue weighted by molar-refractivity contribution is 5.97. The van der Waals surface area contributed by atoms with E-state index in [1.54, 1.807) is 18.2 Å². The van der Waals surface area contributed by atoms with E-state index in [1.165, 1.54) is 18.0 Å². The summed E-state index contributed by atoms with van der Waals surface area (Å²) in [7, 11) is 1.51. The third-order valence-corrected chi connectivity index (χ3v) is 6.04. The van der Waals surface area contributed by atoms with E-state index in [4.69, 9.17) is 0 Å². The van der Waals surface area contributed by atoms with Crippen molar-refractivity contribution in [2.75, 3.05) is 18.6 Å². The molecule has 0 bridgehead atoms. The number of hydrogen-bond acceptors (Lipinski definition) is 3. The van der Waals surface area contributed by atoms with Crippen LogP contribution in [-0.4, -0.2) is 30.7 Å². The zero-order chi connectivity index (χ0) is 24.0. The molecule has 0 saturated carbocycles. The molecule has 0 unspecified atom stereocenters. The summed E-state index contributed by atoms with van der Waals surface area (Å²) in [6.07, 6.45) is 0. The summed E-state index contributed by atoms with van der Waals surface area (Å²) in [5.41, 5.74) is 1.94. The molecule has 0 aromatic heterocycles. The number of aliphatic hydroxyl groups is 1. The van der Waals surface area contributed by atoms with E-state index in [9.17, 15) is 14.3 Å². The molecule has 5 heteroatoms. The fourth-order valence-electron chi connectivity index (χ4n) is 4.34. The molecule has 0 aliphatic rings. The van der Waals surface area contributed by atoms with Gasteiger partial charge in [0.05, 0.1) is 17.8 Å². The van der Waals surface area contributed by atoms with E-state index in [1.807, 2.05) is 91.0 Å². The van der Waals surface area contributed by atoms with Gasteiger partial charge in [0, 0.05) is 7.05 Å². The number of carbonyl (C=O) groups excluding carboxylic acids is 1. The minimum absolute atomic E-state index is 0.150. The van der Waals surface area contributed by atoms with Crippen LogP contribution in [0.5, 0.6) is 0 Å². The zero-order valence-corrected chi connectivity index (χ0v) is 18.9. The number of likely N-dealkylation sites (N-methyl/N-ethyl adjacent to an activating group) is 1. The van der Waals surface area contributed by atoms with Crippen molar-refractivity contribution in [2.24, 2.45) is 0 Å². The Morgan fingerprint density at radius 3 is 1.62 bits per heavy atom. The van der Waals surface area contributed by atoms with Crippen molar-refractivity contribution in [3.8, 4) is 0 Å². The maximum absolute atomic E-state index is 14.4. The number of rotatable bonds is 8. The summed E-state index contributed by atoms with van der Waals surface area (Å²) in [6, 6.07) is 34.5. The number of nitrogens with one attached hydrogen (secondary N) is 1. The van der Waals surface area contributed by atoms with Gasteiger partial charge in [0.25, 0.3) is 0 Å². The van der Waals surface area contributed by atoms with Gasteiger partial charge in [0.2, 0.25) is 5.91 Å². The Hall–Kier alpha value is -3.80. The Morgan fingerprint density at radius 1 is 0.794 bits per heavy atom. The lowest BCUT2D eigenvalue weighted by Crippen LogP contribution is -2.57. The number of nitrogens with zero attached hydrogens (tertiary/aromatic N) is 1. The van der Waals surface area contributed by atoms with E-state index in [-0.39, 0.29) is 5.69 Å². The van der Waals surface area contributed by atoms with Crippen LogP contribution in [0.1, 0.15) is 16.7 Å². The quantitative estimate of drug-likeness (QED) is 0.379. The summed E-state index contributed by atoms with van der Waals surface area (Å²) in [5, 5.41) is 13.8. The van der Waals surface area contributed by atoms with Gasteiger partial charge < -0.3 is 10.0 Å². The lowest BCUT2D eigenvalue weighted by molar-refractivity contribution is -0.121. The van der Waals surface area contributed by atoms with Crippen LogP contribution in [0.2, 0.25) is 0 Å². The molecule has 4 nitrogen and oxygen atoms in total. The monoisotopic (exact) mass is 454 g/mol. The first-order chi connectivity index (χ1) is 16.6. The van der Waals surface area contributed by atoms with Crippen molar-refractivity contribution < 1.29 is 14.3 Å². The summed E-state index contributed by atoms with van der Waals surface area (Å²) in [4.78, 5) is 14.8. The summed E-state index contributed by atoms with van der Waals surface area (Å²) in [5.74, 6) is -0.949. The Kier molecular flexibility index (Phi) is 7.16. The molecule has 0 radical (unpaired) electrons. The molecule has 0 fully saturated rings. The Balaban J connectivity index is 1.85. The first-order valence-corrected chi connectivity index (χ1v) is 11.1. The van der Waals surface area contributed by atoms with Gasteiger partial charge in [0.1, 0.15) is 11.9 Å². The molecule has 1 amide bonds. The molecule has 0 saturated heterocycles. The van der Waals surface area contributed by atoms with Crippen molar-refractivity contribution in [3.63, 3.8) is 0 Å². The van der Waals surface area contributed by atoms with Crippen molar-refractivity contribution in [3.05, 3.63) is 138 Å². The lowest BCUT2D eigenvalue weighted by Gasteiger charge is -2.40. The van der Waals surface area contributed by atoms with Gasteiger partial charge in [-0.1, -0.05) is 103 Å². The number of aliphatic hydroxyl groups excluding tert-OH is 1. The largest absolute Gasteiger partial charge is 0.394 e. The maximum Gasteiger partial charge on any atom is 0.246 e. The van der Waals surface area contributed by atoms with Gasteiger partial charge in [-0.3, -0.25) is 10.1 Å². The molecule has 4 aromatic carbocycles. The minimum atomic E-state index is -1.01. The fraction of sp³-hybridized carbons (Fsp3) is 0.138. The van der Waals surface area contributed by atoms with Crippen LogP contribution in [-0.2, 0) is 10.3 Å². The van der Waals surface area contributed by atoms with E-state index in [2.05, 4.69) is 5.32 Å². The third-order valence-electron chi connectivity index (χ3n) is 6.04. The number of hydrogen-bond donors (Lipinski definition) is 2. The van der Waals surface area contributed by atoms with Crippen LogP contribution < -0.4 is 10.2 Å². The molecule has 0 aliphatic carbocycles. The van der Waals surface area contributed by atoms with Crippen LogP contribution in [0, 0.1) is 5.82 Å². The van der Waals surface area contributed by atoms with Crippen molar-refractivity contribution in [1.29, 1.82) is 0 Å². The van der Waals surface area contributed by atoms with E-state index < -0.39 is 29.9 Å². The van der Waals surface area contributed by atoms with Gasteiger partial charge in [-0.15, -0.1) is 0 Å². The second kappa shape index (κ2) is 10.4. The second-order valence-electron chi connectivity index (χ2n) is 8.08. The SMILES string of the molecule is CN(C(=O)[C@H](CO)NC(c1ccccc1)(c1ccccc1)c1ccccc1)c1ccccc1F. The van der Waals surface area contributed by atoms with Gasteiger partial charge in [0.15, 0.2) is 0 Å². The lowest BCUT2D eigenvalue weighted by atomic mass is 9.76. The van der Waals surface area contributed by atoms with Crippen molar-refractivity contribution in [2.45, 2.75) is 11.6 Å². The first kappa shape index (κ1) is 23.4. The first-order valence-electron chi connectivity index (χ1n) is 11.1. The third kappa shape index (κ3) is 4.49. The van der Waals surface area contributed by atoms with E-state index >= 15 is 0 Å². The topological polar surface area (TPSA) is 52.6 Å². The zero-order valence-electron chi connectivity index (χ0n) is 18.9.